The molecule has 0 fully saturated rings. The molecule has 0 atom stereocenters. The number of ether oxygens (including phenoxy) is 1. The van der Waals surface area contributed by atoms with Crippen molar-refractivity contribution in [1.29, 1.82) is 0 Å². The van der Waals surface area contributed by atoms with Gasteiger partial charge in [-0.2, -0.15) is 0 Å². The van der Waals surface area contributed by atoms with Crippen LogP contribution >= 0.6 is 0 Å². The van der Waals surface area contributed by atoms with Crippen LogP contribution in [0.15, 0.2) is 12.3 Å². The summed E-state index contributed by atoms with van der Waals surface area (Å²) in [6, 6.07) is 0. The molecule has 0 rings (SSSR count). The normalized spacial score (nSPS) is 9.40. The molecule has 0 radical (unpaired) electrons. The number of rotatable bonds is 1. The average Bonchev–Trinajstić information content (AvgIpc) is 1.64. The summed E-state index contributed by atoms with van der Waals surface area (Å²) in [7, 11) is 0. The van der Waals surface area contributed by atoms with Crippen molar-refractivity contribution >= 4 is 0 Å². The lowest BCUT2D eigenvalue weighted by atomic mass is 10.7. The van der Waals surface area contributed by atoms with E-state index in [-0.39, 0.29) is 5.76 Å². The Labute approximate surface area is 58.5 Å². The quantitative estimate of drug-likeness (QED) is 0.530. The molecule has 62 valence electrons. The third-order valence-corrected chi connectivity index (χ3v) is 0.290. The second-order valence-corrected chi connectivity index (χ2v) is 1.25. The van der Waals surface area contributed by atoms with Gasteiger partial charge in [0.15, 0.2) is 0 Å². The van der Waals surface area contributed by atoms with Gasteiger partial charge in [-0.25, -0.2) is 0 Å². The predicted molar refractivity (Wildman–Crippen MR) is 33.3 cm³/mol. The molecule has 0 saturated heterocycles. The standard InChI is InChI=1S/C4H5F3O.C2H6/c1-3(2)8-4(5,6)7;1-2/h1H2,2H3;1-2H3. The molecule has 0 aromatic rings. The van der Waals surface area contributed by atoms with E-state index in [1.807, 2.05) is 13.8 Å². The Hall–Kier alpha value is -0.670. The Morgan fingerprint density at radius 2 is 1.60 bits per heavy atom. The summed E-state index contributed by atoms with van der Waals surface area (Å²) in [5.41, 5.74) is 0. The minimum atomic E-state index is -4.58. The highest BCUT2D eigenvalue weighted by Crippen LogP contribution is 2.18. The predicted octanol–water partition coefficient (Wildman–Crippen LogP) is 3.08. The molecule has 0 spiro atoms. The molecule has 1 nitrogen and oxygen atoms in total. The van der Waals surface area contributed by atoms with E-state index in [9.17, 15) is 13.2 Å². The van der Waals surface area contributed by atoms with Gasteiger partial charge in [0.1, 0.15) is 0 Å². The molecule has 0 aliphatic carbocycles. The molecule has 0 amide bonds. The topological polar surface area (TPSA) is 9.23 Å². The van der Waals surface area contributed by atoms with E-state index >= 15 is 0 Å². The second kappa shape index (κ2) is 5.14. The number of hydrogen-bond donors (Lipinski definition) is 0. The second-order valence-electron chi connectivity index (χ2n) is 1.25. The highest BCUT2D eigenvalue weighted by Gasteiger charge is 2.30. The summed E-state index contributed by atoms with van der Waals surface area (Å²) in [6.07, 6.45) is -4.58. The molecule has 0 aliphatic heterocycles. The van der Waals surface area contributed by atoms with Gasteiger partial charge in [0.05, 0.1) is 5.76 Å². The average molecular weight is 156 g/mol. The molecule has 0 saturated carbocycles. The van der Waals surface area contributed by atoms with E-state index in [1.165, 1.54) is 0 Å². The fraction of sp³-hybridized carbons (Fsp3) is 0.667. The third kappa shape index (κ3) is 15.7. The SMILES string of the molecule is C=C(C)OC(F)(F)F.CC. The van der Waals surface area contributed by atoms with Gasteiger partial charge in [0, 0.05) is 0 Å². The van der Waals surface area contributed by atoms with Crippen molar-refractivity contribution in [3.63, 3.8) is 0 Å². The van der Waals surface area contributed by atoms with Gasteiger partial charge >= 0.3 is 6.36 Å². The fourth-order valence-corrected chi connectivity index (χ4v) is 0.198. The van der Waals surface area contributed by atoms with Crippen molar-refractivity contribution in [3.05, 3.63) is 12.3 Å². The van der Waals surface area contributed by atoms with Crippen molar-refractivity contribution in [3.8, 4) is 0 Å². The third-order valence-electron chi connectivity index (χ3n) is 0.290. The fourth-order valence-electron chi connectivity index (χ4n) is 0.198. The van der Waals surface area contributed by atoms with Gasteiger partial charge in [-0.1, -0.05) is 20.4 Å². The van der Waals surface area contributed by atoms with Crippen LogP contribution < -0.4 is 0 Å². The van der Waals surface area contributed by atoms with Gasteiger partial charge in [-0.3, -0.25) is 0 Å². The Bertz CT molecular complexity index is 95.7. The van der Waals surface area contributed by atoms with Crippen LogP contribution in [0.5, 0.6) is 0 Å². The molecular weight excluding hydrogens is 145 g/mol. The Kier molecular flexibility index (Phi) is 6.20. The summed E-state index contributed by atoms with van der Waals surface area (Å²) < 4.78 is 36.3. The zero-order valence-corrected chi connectivity index (χ0v) is 6.25. The summed E-state index contributed by atoms with van der Waals surface area (Å²) in [5, 5.41) is 0. The molecule has 0 aromatic carbocycles. The largest absolute Gasteiger partial charge is 0.572 e. The lowest BCUT2D eigenvalue weighted by Crippen LogP contribution is -2.10. The van der Waals surface area contributed by atoms with Crippen LogP contribution in [0.4, 0.5) is 13.2 Å². The number of allylic oxidation sites excluding steroid dienone is 1. The van der Waals surface area contributed by atoms with Crippen LogP contribution in [0.1, 0.15) is 20.8 Å². The maximum atomic E-state index is 11.0. The Morgan fingerprint density at radius 3 is 1.60 bits per heavy atom. The smallest absolute Gasteiger partial charge is 0.411 e. The van der Waals surface area contributed by atoms with Gasteiger partial charge in [-0.05, 0) is 6.92 Å². The summed E-state index contributed by atoms with van der Waals surface area (Å²) in [4.78, 5) is 0. The molecule has 0 bridgehead atoms. The van der Waals surface area contributed by atoms with Crippen LogP contribution in [-0.2, 0) is 4.74 Å². The summed E-state index contributed by atoms with van der Waals surface area (Å²) in [5.74, 6) is -0.350. The van der Waals surface area contributed by atoms with Gasteiger partial charge in [-0.15, -0.1) is 13.2 Å². The monoisotopic (exact) mass is 156 g/mol. The van der Waals surface area contributed by atoms with Gasteiger partial charge < -0.3 is 4.74 Å². The first-order valence-electron chi connectivity index (χ1n) is 2.83. The van der Waals surface area contributed by atoms with Gasteiger partial charge in [0.25, 0.3) is 0 Å². The van der Waals surface area contributed by atoms with Crippen LogP contribution in [0.25, 0.3) is 0 Å². The molecule has 10 heavy (non-hydrogen) atoms. The molecule has 4 heteroatoms. The van der Waals surface area contributed by atoms with Crippen molar-refractivity contribution in [2.24, 2.45) is 0 Å². The maximum absolute atomic E-state index is 11.0. The van der Waals surface area contributed by atoms with E-state index in [0.717, 1.165) is 6.92 Å². The molecule has 0 unspecified atom stereocenters. The maximum Gasteiger partial charge on any atom is 0.572 e. The molecule has 0 heterocycles. The van der Waals surface area contributed by atoms with E-state index < -0.39 is 6.36 Å². The zero-order chi connectivity index (χ0) is 8.78. The highest BCUT2D eigenvalue weighted by atomic mass is 19.4. The Balaban J connectivity index is 0. The van der Waals surface area contributed by atoms with E-state index in [1.54, 1.807) is 0 Å². The van der Waals surface area contributed by atoms with E-state index in [4.69, 9.17) is 0 Å². The van der Waals surface area contributed by atoms with E-state index in [0.29, 0.717) is 0 Å². The molecule has 0 aliphatic rings. The van der Waals surface area contributed by atoms with Crippen LogP contribution in [-0.4, -0.2) is 6.36 Å². The number of hydrogen-bond acceptors (Lipinski definition) is 1. The zero-order valence-electron chi connectivity index (χ0n) is 6.25. The minimum absolute atomic E-state index is 0.350. The molecule has 0 N–H and O–H groups in total. The number of halogens is 3. The van der Waals surface area contributed by atoms with Crippen LogP contribution in [0.3, 0.4) is 0 Å². The minimum Gasteiger partial charge on any atom is -0.411 e. The van der Waals surface area contributed by atoms with Crippen LogP contribution in [0, 0.1) is 0 Å². The van der Waals surface area contributed by atoms with Crippen molar-refractivity contribution in [2.75, 3.05) is 0 Å². The Morgan fingerprint density at radius 1 is 1.30 bits per heavy atom. The number of alkyl halides is 3. The molecular formula is C6H11F3O. The first-order chi connectivity index (χ1) is 4.42. The lowest BCUT2D eigenvalue weighted by Gasteiger charge is -2.05. The van der Waals surface area contributed by atoms with Crippen molar-refractivity contribution < 1.29 is 17.9 Å². The van der Waals surface area contributed by atoms with Crippen molar-refractivity contribution in [1.82, 2.24) is 0 Å². The van der Waals surface area contributed by atoms with Crippen LogP contribution in [0.2, 0.25) is 0 Å². The van der Waals surface area contributed by atoms with Gasteiger partial charge in [0.2, 0.25) is 0 Å². The first kappa shape index (κ1) is 12.0. The molecule has 0 aromatic heterocycles. The van der Waals surface area contributed by atoms with Crippen molar-refractivity contribution in [2.45, 2.75) is 27.1 Å². The highest BCUT2D eigenvalue weighted by molar-refractivity contribution is 4.73. The summed E-state index contributed by atoms with van der Waals surface area (Å²) in [6.45, 7) is 8.03. The van der Waals surface area contributed by atoms with E-state index in [2.05, 4.69) is 11.3 Å². The lowest BCUT2D eigenvalue weighted by molar-refractivity contribution is -0.304. The summed E-state index contributed by atoms with van der Waals surface area (Å²) >= 11 is 0. The first-order valence-corrected chi connectivity index (χ1v) is 2.83.